The average molecular weight is 727 g/mol. The number of oxime groups is 1. The van der Waals surface area contributed by atoms with Crippen LogP contribution in [0.25, 0.3) is 10.8 Å². The highest BCUT2D eigenvalue weighted by Gasteiger charge is 2.64. The van der Waals surface area contributed by atoms with Crippen molar-refractivity contribution >= 4 is 28.2 Å². The first-order valence-corrected chi connectivity index (χ1v) is 20.2. The highest BCUT2D eigenvalue weighted by atomic mass is 32.2. The Labute approximate surface area is 312 Å². The van der Waals surface area contributed by atoms with E-state index in [1.807, 2.05) is 19.1 Å². The van der Waals surface area contributed by atoms with Crippen LogP contribution in [0.1, 0.15) is 63.4 Å². The molecule has 52 heavy (non-hydrogen) atoms. The second-order valence-corrected chi connectivity index (χ2v) is 15.8. The predicted molar refractivity (Wildman–Crippen MR) is 208 cm³/mol. The quantitative estimate of drug-likeness (QED) is 0.0557. The minimum atomic E-state index is -1.02. The maximum Gasteiger partial charge on any atom is 0.231 e. The zero-order valence-corrected chi connectivity index (χ0v) is 31.3. The van der Waals surface area contributed by atoms with Crippen molar-refractivity contribution in [3.8, 4) is 11.5 Å². The third-order valence-corrected chi connectivity index (χ3v) is 12.4. The highest BCUT2D eigenvalue weighted by molar-refractivity contribution is 8.00. The molecule has 0 aromatic heterocycles. The van der Waals surface area contributed by atoms with Crippen LogP contribution >= 0.6 is 11.8 Å². The summed E-state index contributed by atoms with van der Waals surface area (Å²) >= 11 is 1.79. The molecule has 6 atom stereocenters. The van der Waals surface area contributed by atoms with Gasteiger partial charge in [0.2, 0.25) is 5.79 Å². The molecule has 2 aliphatic carbocycles. The smallest absolute Gasteiger partial charge is 0.231 e. The monoisotopic (exact) mass is 726 g/mol. The molecule has 2 heterocycles. The van der Waals surface area contributed by atoms with E-state index in [1.54, 1.807) is 11.8 Å². The molecule has 2 fully saturated rings. The summed E-state index contributed by atoms with van der Waals surface area (Å²) in [7, 11) is 0. The van der Waals surface area contributed by atoms with E-state index in [4.69, 9.17) is 24.2 Å². The van der Waals surface area contributed by atoms with E-state index in [9.17, 15) is 10.2 Å². The van der Waals surface area contributed by atoms with Crippen LogP contribution in [0.3, 0.4) is 0 Å². The van der Waals surface area contributed by atoms with E-state index in [2.05, 4.69) is 72.2 Å². The molecule has 2 N–H and O–H groups in total. The molecule has 1 saturated heterocycles. The standard InChI is InChI=1S/C43H54N2O6S/c1-3-24-49-43-40(52-34-17-15-30-11-5-6-12-31(30)26-34)29-38(44-50-4-2)36-27-32(13-7-9-22-46)35(14-8-10-23-47)41(42(36)43)37-28-33(16-18-39(37)51-43)48-25-21-45-19-20-45/h3,5-6,11-12,15-18,26-28,32,35,40-42,46-47H,1,4,7-10,13-14,19-25,29H2,2H3. The molecule has 4 aliphatic rings. The number of benzene rings is 3. The van der Waals surface area contributed by atoms with Gasteiger partial charge in [0.15, 0.2) is 0 Å². The zero-order chi connectivity index (χ0) is 35.9. The van der Waals surface area contributed by atoms with Crippen molar-refractivity contribution in [2.45, 2.75) is 73.7 Å². The lowest BCUT2D eigenvalue weighted by molar-refractivity contribution is -0.223. The first-order valence-electron chi connectivity index (χ1n) is 19.3. The summed E-state index contributed by atoms with van der Waals surface area (Å²) in [4.78, 5) is 9.38. The minimum Gasteiger partial charge on any atom is -0.492 e. The number of fused-ring (bicyclic) bond motifs is 3. The maximum atomic E-state index is 9.87. The lowest BCUT2D eigenvalue weighted by Crippen LogP contribution is -2.64. The molecular weight excluding hydrogens is 673 g/mol. The van der Waals surface area contributed by atoms with Gasteiger partial charge in [0, 0.05) is 55.6 Å². The lowest BCUT2D eigenvalue weighted by atomic mass is 9.56. The summed E-state index contributed by atoms with van der Waals surface area (Å²) in [5.41, 5.74) is 3.24. The van der Waals surface area contributed by atoms with Gasteiger partial charge < -0.3 is 29.3 Å². The van der Waals surface area contributed by atoms with Gasteiger partial charge >= 0.3 is 0 Å². The van der Waals surface area contributed by atoms with E-state index < -0.39 is 5.79 Å². The molecule has 3 aromatic rings. The number of aliphatic hydroxyl groups is 2. The fourth-order valence-corrected chi connectivity index (χ4v) is 9.99. The first kappa shape index (κ1) is 37.0. The molecule has 9 heteroatoms. The van der Waals surface area contributed by atoms with E-state index in [1.165, 1.54) is 10.8 Å². The van der Waals surface area contributed by atoms with Gasteiger partial charge in [-0.3, -0.25) is 4.90 Å². The summed E-state index contributed by atoms with van der Waals surface area (Å²) in [5, 5.41) is 26.7. The van der Waals surface area contributed by atoms with Crippen molar-refractivity contribution in [2.75, 3.05) is 52.7 Å². The van der Waals surface area contributed by atoms with Gasteiger partial charge in [-0.25, -0.2) is 0 Å². The van der Waals surface area contributed by atoms with Crippen molar-refractivity contribution in [3.63, 3.8) is 0 Å². The number of rotatable bonds is 19. The van der Waals surface area contributed by atoms with Crippen molar-refractivity contribution in [1.82, 2.24) is 4.90 Å². The Morgan fingerprint density at radius 3 is 2.58 bits per heavy atom. The van der Waals surface area contributed by atoms with Crippen LogP contribution in [-0.2, 0) is 9.57 Å². The second-order valence-electron chi connectivity index (χ2n) is 14.5. The lowest BCUT2D eigenvalue weighted by Gasteiger charge is -2.58. The molecule has 0 bridgehead atoms. The predicted octanol–water partition coefficient (Wildman–Crippen LogP) is 7.98. The number of nitrogens with zero attached hydrogens (tertiary/aromatic N) is 2. The summed E-state index contributed by atoms with van der Waals surface area (Å²) in [5.74, 6) is 1.02. The third kappa shape index (κ3) is 7.94. The Balaban J connectivity index is 1.38. The largest absolute Gasteiger partial charge is 0.492 e. The first-order chi connectivity index (χ1) is 25.6. The van der Waals surface area contributed by atoms with Crippen molar-refractivity contribution in [3.05, 3.63) is 90.5 Å². The molecule has 0 spiro atoms. The Kier molecular flexibility index (Phi) is 12.2. The number of ether oxygens (including phenoxy) is 3. The average Bonchev–Trinajstić information content (AvgIpc) is 4.00. The van der Waals surface area contributed by atoms with Crippen molar-refractivity contribution in [2.24, 2.45) is 22.9 Å². The Morgan fingerprint density at radius 1 is 1.00 bits per heavy atom. The van der Waals surface area contributed by atoms with Gasteiger partial charge in [-0.2, -0.15) is 0 Å². The van der Waals surface area contributed by atoms with E-state index in [0.717, 1.165) is 91.4 Å². The van der Waals surface area contributed by atoms with Gasteiger partial charge in [0.05, 0.1) is 23.5 Å². The van der Waals surface area contributed by atoms with Gasteiger partial charge in [0.25, 0.3) is 0 Å². The van der Waals surface area contributed by atoms with Crippen molar-refractivity contribution < 1.29 is 29.3 Å². The molecule has 6 unspecified atom stereocenters. The van der Waals surface area contributed by atoms with Crippen molar-refractivity contribution in [1.29, 1.82) is 0 Å². The minimum absolute atomic E-state index is 0.0361. The van der Waals surface area contributed by atoms with E-state index in [0.29, 0.717) is 26.2 Å². The van der Waals surface area contributed by atoms with Gasteiger partial charge in [-0.15, -0.1) is 18.3 Å². The number of thioether (sulfide) groups is 1. The number of allylic oxidation sites excluding steroid dienone is 1. The highest BCUT2D eigenvalue weighted by Crippen LogP contribution is 2.63. The Bertz CT molecular complexity index is 1740. The zero-order valence-electron chi connectivity index (χ0n) is 30.5. The summed E-state index contributed by atoms with van der Waals surface area (Å²) in [6, 6.07) is 21.5. The SMILES string of the molecule is C=CCOC12Oc3ccc(OCCN4CC4)cc3C3C(CCCCO)C(CCCCO)C=C(C(=NOCC)CC1Sc1ccc4ccccc4c1)C32. The van der Waals surface area contributed by atoms with Gasteiger partial charge in [-0.05, 0) is 91.1 Å². The fourth-order valence-electron chi connectivity index (χ4n) is 8.65. The van der Waals surface area contributed by atoms with Crippen LogP contribution in [0.4, 0.5) is 0 Å². The van der Waals surface area contributed by atoms with Crippen LogP contribution in [0, 0.1) is 17.8 Å². The number of hydrogen-bond donors (Lipinski definition) is 2. The summed E-state index contributed by atoms with van der Waals surface area (Å²) in [6.45, 7) is 11.1. The van der Waals surface area contributed by atoms with Crippen LogP contribution in [-0.4, -0.2) is 84.5 Å². The second kappa shape index (κ2) is 17.2. The van der Waals surface area contributed by atoms with Crippen LogP contribution < -0.4 is 9.47 Å². The Morgan fingerprint density at radius 2 is 1.81 bits per heavy atom. The van der Waals surface area contributed by atoms with Gasteiger partial charge in [-0.1, -0.05) is 60.5 Å². The molecule has 3 aromatic carbocycles. The Hall–Kier alpha value is -3.34. The molecular formula is C43H54N2O6S. The number of aliphatic hydroxyl groups excluding tert-OH is 2. The number of hydrogen-bond acceptors (Lipinski definition) is 9. The molecule has 7 rings (SSSR count). The number of unbranched alkanes of at least 4 members (excludes halogenated alkanes) is 2. The molecule has 2 aliphatic heterocycles. The summed E-state index contributed by atoms with van der Waals surface area (Å²) < 4.78 is 20.8. The molecule has 0 amide bonds. The molecule has 278 valence electrons. The molecule has 0 radical (unpaired) electrons. The van der Waals surface area contributed by atoms with Crippen LogP contribution in [0.15, 0.2) is 95.0 Å². The molecule has 1 saturated carbocycles. The van der Waals surface area contributed by atoms with E-state index >= 15 is 0 Å². The topological polar surface area (TPSA) is 92.8 Å². The normalized spacial score (nSPS) is 27.0. The van der Waals surface area contributed by atoms with Gasteiger partial charge in [0.1, 0.15) is 24.7 Å². The summed E-state index contributed by atoms with van der Waals surface area (Å²) in [6.07, 6.45) is 10.1. The fraction of sp³-hybridized carbons (Fsp3) is 0.512. The maximum absolute atomic E-state index is 9.87. The molecule has 8 nitrogen and oxygen atoms in total. The van der Waals surface area contributed by atoms with Crippen LogP contribution in [0.2, 0.25) is 0 Å². The van der Waals surface area contributed by atoms with Crippen LogP contribution in [0.5, 0.6) is 11.5 Å². The third-order valence-electron chi connectivity index (χ3n) is 11.1. The van der Waals surface area contributed by atoms with E-state index in [-0.39, 0.29) is 42.1 Å².